The van der Waals surface area contributed by atoms with Crippen LogP contribution in [0.15, 0.2) is 29.2 Å². The number of halogens is 4. The number of nitrogens with one attached hydrogen (secondary N) is 1. The molecule has 0 aliphatic rings. The number of hydrogen-bond acceptors (Lipinski definition) is 5. The molecule has 0 radical (unpaired) electrons. The average molecular weight is 441 g/mol. The highest BCUT2D eigenvalue weighted by atomic mass is 35.5. The first kappa shape index (κ1) is 22.4. The zero-order valence-electron chi connectivity index (χ0n) is 15.2. The lowest BCUT2D eigenvalue weighted by molar-refractivity contribution is -0.136. The number of benzene rings is 1. The van der Waals surface area contributed by atoms with Crippen molar-refractivity contribution in [1.82, 2.24) is 19.5 Å². The van der Waals surface area contributed by atoms with Crippen LogP contribution in [0.2, 0.25) is 5.02 Å². The van der Waals surface area contributed by atoms with E-state index in [1.54, 1.807) is 13.8 Å². The van der Waals surface area contributed by atoms with Crippen molar-refractivity contribution in [3.8, 4) is 6.01 Å². The SMILES string of the molecule is CCn1c(OCCCC(F)(F)F)nnc1[C@@H](C)NS(=O)(=O)c1ccc(Cl)cc1. The second kappa shape index (κ2) is 9.10. The lowest BCUT2D eigenvalue weighted by Crippen LogP contribution is -2.29. The van der Waals surface area contributed by atoms with Gasteiger partial charge in [0.1, 0.15) is 0 Å². The third kappa shape index (κ3) is 6.08. The van der Waals surface area contributed by atoms with Gasteiger partial charge in [0.25, 0.3) is 0 Å². The van der Waals surface area contributed by atoms with Crippen LogP contribution >= 0.6 is 11.6 Å². The van der Waals surface area contributed by atoms with Crippen molar-refractivity contribution in [2.75, 3.05) is 6.61 Å². The van der Waals surface area contributed by atoms with E-state index >= 15 is 0 Å². The van der Waals surface area contributed by atoms with Gasteiger partial charge in [0.05, 0.1) is 17.5 Å². The van der Waals surface area contributed by atoms with Crippen molar-refractivity contribution in [2.45, 2.75) is 50.3 Å². The Balaban J connectivity index is 2.08. The van der Waals surface area contributed by atoms with E-state index in [-0.39, 0.29) is 29.8 Å². The van der Waals surface area contributed by atoms with Crippen molar-refractivity contribution in [3.63, 3.8) is 0 Å². The highest BCUT2D eigenvalue weighted by molar-refractivity contribution is 7.89. The summed E-state index contributed by atoms with van der Waals surface area (Å²) in [5, 5.41) is 8.15. The first-order valence-corrected chi connectivity index (χ1v) is 10.3. The molecule has 0 saturated carbocycles. The summed E-state index contributed by atoms with van der Waals surface area (Å²) in [6.45, 7) is 3.51. The van der Waals surface area contributed by atoms with E-state index < -0.39 is 28.7 Å². The maximum Gasteiger partial charge on any atom is 0.389 e. The standard InChI is InChI=1S/C16H20ClF3N4O3S/c1-3-24-14(21-22-15(24)27-10-4-9-16(18,19)20)11(2)23-28(25,26)13-7-5-12(17)6-8-13/h5-8,11,23H,3-4,9-10H2,1-2H3/t11-/m1/s1. The van der Waals surface area contributed by atoms with Crippen molar-refractivity contribution in [1.29, 1.82) is 0 Å². The summed E-state index contributed by atoms with van der Waals surface area (Å²) >= 11 is 5.77. The van der Waals surface area contributed by atoms with Crippen LogP contribution in [0.5, 0.6) is 6.01 Å². The zero-order valence-corrected chi connectivity index (χ0v) is 16.8. The van der Waals surface area contributed by atoms with Gasteiger partial charge in [-0.05, 0) is 44.5 Å². The van der Waals surface area contributed by atoms with E-state index in [0.29, 0.717) is 11.6 Å². The Bertz CT molecular complexity index is 886. The van der Waals surface area contributed by atoms with Crippen LogP contribution in [0.3, 0.4) is 0 Å². The van der Waals surface area contributed by atoms with E-state index in [1.165, 1.54) is 28.8 Å². The topological polar surface area (TPSA) is 86.1 Å². The van der Waals surface area contributed by atoms with Crippen LogP contribution in [-0.4, -0.2) is 36.0 Å². The monoisotopic (exact) mass is 440 g/mol. The largest absolute Gasteiger partial charge is 0.464 e. The third-order valence-electron chi connectivity index (χ3n) is 3.74. The molecule has 12 heteroatoms. The molecule has 0 saturated heterocycles. The highest BCUT2D eigenvalue weighted by Gasteiger charge is 2.27. The van der Waals surface area contributed by atoms with Gasteiger partial charge in [-0.3, -0.25) is 4.57 Å². The van der Waals surface area contributed by atoms with Gasteiger partial charge >= 0.3 is 12.2 Å². The van der Waals surface area contributed by atoms with Gasteiger partial charge < -0.3 is 4.74 Å². The molecule has 2 aromatic rings. The second-order valence-corrected chi connectivity index (χ2v) is 8.10. The number of hydrogen-bond donors (Lipinski definition) is 1. The third-order valence-corrected chi connectivity index (χ3v) is 5.55. The second-order valence-electron chi connectivity index (χ2n) is 5.95. The molecular formula is C16H20ClF3N4O3S. The molecule has 1 atom stereocenters. The Kier molecular flexibility index (Phi) is 7.29. The first-order valence-electron chi connectivity index (χ1n) is 8.44. The number of aromatic nitrogens is 3. The van der Waals surface area contributed by atoms with Crippen LogP contribution in [0.25, 0.3) is 0 Å². The molecule has 0 amide bonds. The van der Waals surface area contributed by atoms with E-state index in [4.69, 9.17) is 16.3 Å². The number of ether oxygens (including phenoxy) is 1. The van der Waals surface area contributed by atoms with Crippen LogP contribution in [0, 0.1) is 0 Å². The van der Waals surface area contributed by atoms with Crippen LogP contribution in [0.4, 0.5) is 13.2 Å². The smallest absolute Gasteiger partial charge is 0.389 e. The minimum Gasteiger partial charge on any atom is -0.464 e. The maximum absolute atomic E-state index is 12.5. The van der Waals surface area contributed by atoms with Gasteiger partial charge in [-0.2, -0.15) is 13.2 Å². The summed E-state index contributed by atoms with van der Waals surface area (Å²) in [5.74, 6) is 0.283. The summed E-state index contributed by atoms with van der Waals surface area (Å²) in [4.78, 5) is 0.0370. The normalized spacial score (nSPS) is 13.5. The molecule has 7 nitrogen and oxygen atoms in total. The minimum absolute atomic E-state index is 0.0370. The molecule has 156 valence electrons. The van der Waals surface area contributed by atoms with Gasteiger partial charge in [0.2, 0.25) is 10.0 Å². The molecule has 0 aliphatic carbocycles. The Morgan fingerprint density at radius 1 is 1.25 bits per heavy atom. The van der Waals surface area contributed by atoms with Crippen molar-refractivity contribution in [3.05, 3.63) is 35.1 Å². The van der Waals surface area contributed by atoms with Crippen LogP contribution in [-0.2, 0) is 16.6 Å². The number of rotatable bonds is 9. The molecule has 28 heavy (non-hydrogen) atoms. The molecule has 0 fully saturated rings. The van der Waals surface area contributed by atoms with Gasteiger partial charge in [-0.1, -0.05) is 16.7 Å². The predicted octanol–water partition coefficient (Wildman–Crippen LogP) is 3.71. The quantitative estimate of drug-likeness (QED) is 0.601. The van der Waals surface area contributed by atoms with Gasteiger partial charge in [0.15, 0.2) is 5.82 Å². The minimum atomic E-state index is -4.25. The summed E-state index contributed by atoms with van der Waals surface area (Å²) < 4.78 is 70.8. The maximum atomic E-state index is 12.5. The van der Waals surface area contributed by atoms with Crippen molar-refractivity contribution in [2.24, 2.45) is 0 Å². The summed E-state index contributed by atoms with van der Waals surface area (Å²) in [6, 6.07) is 4.96. The first-order chi connectivity index (χ1) is 13.0. The zero-order chi connectivity index (χ0) is 20.9. The molecule has 0 bridgehead atoms. The molecule has 1 N–H and O–H groups in total. The molecular weight excluding hydrogens is 421 g/mol. The Labute approximate surface area is 165 Å². The van der Waals surface area contributed by atoms with E-state index in [0.717, 1.165) is 0 Å². The Morgan fingerprint density at radius 2 is 1.89 bits per heavy atom. The highest BCUT2D eigenvalue weighted by Crippen LogP contribution is 2.23. The van der Waals surface area contributed by atoms with E-state index in [9.17, 15) is 21.6 Å². The van der Waals surface area contributed by atoms with E-state index in [2.05, 4.69) is 14.9 Å². The van der Waals surface area contributed by atoms with Gasteiger partial charge in [-0.25, -0.2) is 13.1 Å². The van der Waals surface area contributed by atoms with Crippen molar-refractivity contribution < 1.29 is 26.3 Å². The fraction of sp³-hybridized carbons (Fsp3) is 0.500. The molecule has 2 rings (SSSR count). The molecule has 1 heterocycles. The summed E-state index contributed by atoms with van der Waals surface area (Å²) in [5.41, 5.74) is 0. The fourth-order valence-corrected chi connectivity index (χ4v) is 3.75. The Morgan fingerprint density at radius 3 is 2.46 bits per heavy atom. The summed E-state index contributed by atoms with van der Waals surface area (Å²) in [7, 11) is -3.83. The number of alkyl halides is 3. The summed E-state index contributed by atoms with van der Waals surface area (Å²) in [6.07, 6.45) is -5.42. The number of sulfonamides is 1. The Hall–Kier alpha value is -1.85. The molecule has 1 aromatic carbocycles. The van der Waals surface area contributed by atoms with Crippen LogP contribution < -0.4 is 9.46 Å². The molecule has 0 aliphatic heterocycles. The lowest BCUT2D eigenvalue weighted by atomic mass is 10.3. The van der Waals surface area contributed by atoms with Crippen LogP contribution in [0.1, 0.15) is 38.6 Å². The van der Waals surface area contributed by atoms with Gasteiger partial charge in [-0.15, -0.1) is 5.10 Å². The van der Waals surface area contributed by atoms with Gasteiger partial charge in [0, 0.05) is 18.0 Å². The number of nitrogens with zero attached hydrogens (tertiary/aromatic N) is 3. The average Bonchev–Trinajstić information content (AvgIpc) is 3.01. The molecule has 0 unspecified atom stereocenters. The van der Waals surface area contributed by atoms with E-state index in [1.807, 2.05) is 0 Å². The van der Waals surface area contributed by atoms with Crippen molar-refractivity contribution >= 4 is 21.6 Å². The fourth-order valence-electron chi connectivity index (χ4n) is 2.43. The molecule has 1 aromatic heterocycles. The molecule has 0 spiro atoms. The lowest BCUT2D eigenvalue weighted by Gasteiger charge is -2.15. The predicted molar refractivity (Wildman–Crippen MR) is 96.7 cm³/mol.